The number of hydrogen-bond donors (Lipinski definition) is 0. The molecule has 0 spiro atoms. The molecule has 0 bridgehead atoms. The van der Waals surface area contributed by atoms with Crippen LogP contribution >= 0.6 is 0 Å². The lowest BCUT2D eigenvalue weighted by Gasteiger charge is -2.30. The predicted molar refractivity (Wildman–Crippen MR) is 138 cm³/mol. The molecule has 1 fully saturated rings. The van der Waals surface area contributed by atoms with Gasteiger partial charge in [0.25, 0.3) is 0 Å². The Hall–Kier alpha value is -3.84. The molecule has 3 aromatic rings. The van der Waals surface area contributed by atoms with E-state index in [2.05, 4.69) is 15.1 Å². The normalized spacial score (nSPS) is 18.1. The fourth-order valence-corrected chi connectivity index (χ4v) is 4.66. The summed E-state index contributed by atoms with van der Waals surface area (Å²) in [6.07, 6.45) is -3.83. The van der Waals surface area contributed by atoms with Crippen molar-refractivity contribution in [2.24, 2.45) is 7.05 Å². The Kier molecular flexibility index (Phi) is 7.98. The summed E-state index contributed by atoms with van der Waals surface area (Å²) >= 11 is 0. The SMILES string of the molecule is CC1CC(N(Cc2cc(C(F)(F)F)cc(C(F)(F)F)c2)c2ncc(-c3cnn(C)c3)cn2)CN1C(=O)OC(C)(C)C. The van der Waals surface area contributed by atoms with Gasteiger partial charge in [-0.1, -0.05) is 0 Å². The molecular formula is C27H30F6N6O2. The average molecular weight is 585 g/mol. The number of likely N-dealkylation sites (tertiary alicyclic amines) is 1. The summed E-state index contributed by atoms with van der Waals surface area (Å²) in [4.78, 5) is 24.7. The summed E-state index contributed by atoms with van der Waals surface area (Å²) in [5, 5.41) is 4.10. The van der Waals surface area contributed by atoms with Gasteiger partial charge in [0, 0.05) is 55.9 Å². The van der Waals surface area contributed by atoms with Gasteiger partial charge in [-0.2, -0.15) is 31.4 Å². The number of benzene rings is 1. The van der Waals surface area contributed by atoms with E-state index in [1.54, 1.807) is 51.8 Å². The van der Waals surface area contributed by atoms with Crippen LogP contribution < -0.4 is 4.90 Å². The van der Waals surface area contributed by atoms with Crippen LogP contribution in [-0.2, 0) is 30.7 Å². The number of carbonyl (C=O) groups is 1. The molecule has 0 saturated carbocycles. The lowest BCUT2D eigenvalue weighted by atomic mass is 10.0. The minimum Gasteiger partial charge on any atom is -0.444 e. The summed E-state index contributed by atoms with van der Waals surface area (Å²) in [5.41, 5.74) is -2.46. The summed E-state index contributed by atoms with van der Waals surface area (Å²) in [7, 11) is 1.74. The van der Waals surface area contributed by atoms with Gasteiger partial charge in [0.05, 0.1) is 23.4 Å². The van der Waals surface area contributed by atoms with Gasteiger partial charge in [-0.3, -0.25) is 4.68 Å². The third-order valence-corrected chi connectivity index (χ3v) is 6.56. The zero-order valence-electron chi connectivity index (χ0n) is 23.1. The number of alkyl halides is 6. The number of hydrogen-bond acceptors (Lipinski definition) is 6. The third kappa shape index (κ3) is 7.27. The van der Waals surface area contributed by atoms with Crippen molar-refractivity contribution in [2.45, 2.75) is 70.7 Å². The maximum absolute atomic E-state index is 13.6. The van der Waals surface area contributed by atoms with E-state index < -0.39 is 41.2 Å². The van der Waals surface area contributed by atoms with Crippen molar-refractivity contribution in [3.05, 3.63) is 59.7 Å². The molecule has 0 N–H and O–H groups in total. The number of aryl methyl sites for hydroxylation is 1. The van der Waals surface area contributed by atoms with E-state index in [1.807, 2.05) is 0 Å². The number of aromatic nitrogens is 4. The van der Waals surface area contributed by atoms with Crippen LogP contribution in [0.1, 0.15) is 50.8 Å². The molecule has 8 nitrogen and oxygen atoms in total. The molecule has 2 atom stereocenters. The maximum atomic E-state index is 13.6. The number of anilines is 1. The van der Waals surface area contributed by atoms with Crippen LogP contribution in [0, 0.1) is 0 Å². The molecule has 2 aromatic heterocycles. The molecule has 4 rings (SSSR count). The van der Waals surface area contributed by atoms with E-state index in [0.717, 1.165) is 5.56 Å². The monoisotopic (exact) mass is 584 g/mol. The van der Waals surface area contributed by atoms with Crippen molar-refractivity contribution in [3.63, 3.8) is 0 Å². The molecular weight excluding hydrogens is 554 g/mol. The summed E-state index contributed by atoms with van der Waals surface area (Å²) in [5.74, 6) is 0.0897. The minimum absolute atomic E-state index is 0.0897. The first-order chi connectivity index (χ1) is 18.9. The summed E-state index contributed by atoms with van der Waals surface area (Å²) in [6.45, 7) is 6.70. The Balaban J connectivity index is 1.72. The molecule has 3 heterocycles. The Morgan fingerprint density at radius 3 is 2.05 bits per heavy atom. The van der Waals surface area contributed by atoms with Crippen LogP contribution in [0.3, 0.4) is 0 Å². The van der Waals surface area contributed by atoms with Crippen molar-refractivity contribution < 1.29 is 35.9 Å². The van der Waals surface area contributed by atoms with Crippen molar-refractivity contribution in [1.29, 1.82) is 0 Å². The van der Waals surface area contributed by atoms with Crippen molar-refractivity contribution >= 4 is 12.0 Å². The standard InChI is InChI=1S/C27H30F6N6O2/c1-16-6-22(15-38(16)24(40)41-25(2,3)4)39(23-34-10-18(11-35-23)19-12-36-37(5)14-19)13-17-7-20(26(28,29)30)9-21(8-17)27(31,32)33/h7-12,14,16,22H,6,13,15H2,1-5H3. The molecule has 0 aliphatic carbocycles. The fraction of sp³-hybridized carbons (Fsp3) is 0.481. The van der Waals surface area contributed by atoms with Crippen LogP contribution in [0.25, 0.3) is 11.1 Å². The minimum atomic E-state index is -4.99. The number of amides is 1. The summed E-state index contributed by atoms with van der Waals surface area (Å²) < 4.78 is 88.5. The Morgan fingerprint density at radius 1 is 0.976 bits per heavy atom. The van der Waals surface area contributed by atoms with E-state index >= 15 is 0 Å². The fourth-order valence-electron chi connectivity index (χ4n) is 4.66. The zero-order chi connectivity index (χ0) is 30.3. The highest BCUT2D eigenvalue weighted by atomic mass is 19.4. The Labute approximate surface area is 232 Å². The molecule has 2 unspecified atom stereocenters. The van der Waals surface area contributed by atoms with Gasteiger partial charge >= 0.3 is 18.4 Å². The highest BCUT2D eigenvalue weighted by Gasteiger charge is 2.40. The highest BCUT2D eigenvalue weighted by molar-refractivity contribution is 5.69. The summed E-state index contributed by atoms with van der Waals surface area (Å²) in [6, 6.07) is 0.631. The van der Waals surface area contributed by atoms with Gasteiger partial charge in [0.1, 0.15) is 5.60 Å². The highest BCUT2D eigenvalue weighted by Crippen LogP contribution is 2.37. The van der Waals surface area contributed by atoms with E-state index in [-0.39, 0.29) is 36.7 Å². The van der Waals surface area contributed by atoms with E-state index in [4.69, 9.17) is 4.74 Å². The molecule has 1 amide bonds. The quantitative estimate of drug-likeness (QED) is 0.327. The second-order valence-corrected chi connectivity index (χ2v) is 11.1. The average Bonchev–Trinajstić information content (AvgIpc) is 3.46. The predicted octanol–water partition coefficient (Wildman–Crippen LogP) is 6.32. The van der Waals surface area contributed by atoms with Crippen LogP contribution in [0.5, 0.6) is 0 Å². The zero-order valence-corrected chi connectivity index (χ0v) is 23.1. The molecule has 14 heteroatoms. The van der Waals surface area contributed by atoms with Crippen LogP contribution in [0.4, 0.5) is 37.1 Å². The second-order valence-electron chi connectivity index (χ2n) is 11.1. The van der Waals surface area contributed by atoms with Crippen molar-refractivity contribution in [1.82, 2.24) is 24.6 Å². The van der Waals surface area contributed by atoms with E-state index in [1.165, 1.54) is 22.2 Å². The van der Waals surface area contributed by atoms with Crippen LogP contribution in [-0.4, -0.2) is 55.0 Å². The molecule has 222 valence electrons. The van der Waals surface area contributed by atoms with Crippen molar-refractivity contribution in [2.75, 3.05) is 11.4 Å². The van der Waals surface area contributed by atoms with E-state index in [0.29, 0.717) is 24.1 Å². The number of halogens is 6. The first-order valence-electron chi connectivity index (χ1n) is 12.8. The third-order valence-electron chi connectivity index (χ3n) is 6.56. The van der Waals surface area contributed by atoms with Gasteiger partial charge < -0.3 is 14.5 Å². The van der Waals surface area contributed by atoms with Crippen LogP contribution in [0.2, 0.25) is 0 Å². The van der Waals surface area contributed by atoms with Crippen LogP contribution in [0.15, 0.2) is 43.0 Å². The number of ether oxygens (including phenoxy) is 1. The number of rotatable bonds is 5. The lowest BCUT2D eigenvalue weighted by Crippen LogP contribution is -2.42. The van der Waals surface area contributed by atoms with Gasteiger partial charge in [0.15, 0.2) is 0 Å². The topological polar surface area (TPSA) is 76.4 Å². The lowest BCUT2D eigenvalue weighted by molar-refractivity contribution is -0.143. The first kappa shape index (κ1) is 30.1. The van der Waals surface area contributed by atoms with Gasteiger partial charge in [0.2, 0.25) is 5.95 Å². The molecule has 1 aromatic carbocycles. The van der Waals surface area contributed by atoms with Crippen molar-refractivity contribution in [3.8, 4) is 11.1 Å². The number of nitrogens with zero attached hydrogens (tertiary/aromatic N) is 6. The van der Waals surface area contributed by atoms with Gasteiger partial charge in [-0.05, 0) is 57.9 Å². The number of carbonyl (C=O) groups excluding carboxylic acids is 1. The first-order valence-corrected chi connectivity index (χ1v) is 12.8. The Morgan fingerprint density at radius 2 is 1.56 bits per heavy atom. The van der Waals surface area contributed by atoms with Gasteiger partial charge in [-0.15, -0.1) is 0 Å². The Bertz CT molecular complexity index is 1350. The van der Waals surface area contributed by atoms with E-state index in [9.17, 15) is 31.1 Å². The maximum Gasteiger partial charge on any atom is 0.416 e. The molecule has 0 radical (unpaired) electrons. The molecule has 1 aliphatic heterocycles. The van der Waals surface area contributed by atoms with Gasteiger partial charge in [-0.25, -0.2) is 14.8 Å². The second kappa shape index (κ2) is 10.9. The molecule has 1 saturated heterocycles. The molecule has 1 aliphatic rings. The smallest absolute Gasteiger partial charge is 0.416 e. The largest absolute Gasteiger partial charge is 0.444 e. The molecule has 41 heavy (non-hydrogen) atoms.